The summed E-state index contributed by atoms with van der Waals surface area (Å²) < 4.78 is 0. The largest absolute Gasteiger partial charge is 0.369 e. The van der Waals surface area contributed by atoms with Gasteiger partial charge >= 0.3 is 0 Å². The molecule has 1 aromatic rings. The van der Waals surface area contributed by atoms with Crippen molar-refractivity contribution in [3.63, 3.8) is 0 Å². The van der Waals surface area contributed by atoms with Gasteiger partial charge in [-0.1, -0.05) is 18.6 Å². The number of benzene rings is 1. The Morgan fingerprint density at radius 2 is 1.80 bits per heavy atom. The fraction of sp³-hybridized carbons (Fsp3) is 0.647. The Morgan fingerprint density at radius 1 is 1.05 bits per heavy atom. The van der Waals surface area contributed by atoms with Crippen LogP contribution in [0.3, 0.4) is 0 Å². The molecule has 20 heavy (non-hydrogen) atoms. The summed E-state index contributed by atoms with van der Waals surface area (Å²) in [5.74, 6) is 0. The lowest BCUT2D eigenvalue weighted by molar-refractivity contribution is 0.175. The molecule has 2 unspecified atom stereocenters. The molecule has 0 amide bonds. The van der Waals surface area contributed by atoms with Gasteiger partial charge in [0.1, 0.15) is 0 Å². The molecule has 1 aromatic carbocycles. The maximum absolute atomic E-state index is 6.24. The first kappa shape index (κ1) is 13.9. The van der Waals surface area contributed by atoms with Crippen LogP contribution in [0.4, 0.5) is 5.69 Å². The Balaban J connectivity index is 1.65. The lowest BCUT2D eigenvalue weighted by Crippen LogP contribution is -2.54. The van der Waals surface area contributed by atoms with Crippen LogP contribution < -0.4 is 10.6 Å². The van der Waals surface area contributed by atoms with E-state index in [0.29, 0.717) is 12.1 Å². The van der Waals surface area contributed by atoms with Crippen molar-refractivity contribution in [2.75, 3.05) is 31.1 Å². The average molecular weight is 273 g/mol. The van der Waals surface area contributed by atoms with Crippen LogP contribution in [0.15, 0.2) is 18.2 Å². The molecule has 3 heteroatoms. The molecule has 2 N–H and O–H groups in total. The monoisotopic (exact) mass is 273 g/mol. The highest BCUT2D eigenvalue weighted by Crippen LogP contribution is 2.27. The number of nitrogens with zero attached hydrogens (tertiary/aromatic N) is 2. The number of nitrogens with two attached hydrogens (primary N) is 1. The SMILES string of the molecule is Cc1cccc(N2CCN(C3CCCC3N)CC2)c1C. The molecular weight excluding hydrogens is 246 g/mol. The molecule has 2 atom stereocenters. The van der Waals surface area contributed by atoms with E-state index in [1.165, 1.54) is 36.1 Å². The molecule has 0 radical (unpaired) electrons. The molecule has 1 heterocycles. The Kier molecular flexibility index (Phi) is 3.99. The first-order chi connectivity index (χ1) is 9.66. The van der Waals surface area contributed by atoms with Crippen LogP contribution in [-0.4, -0.2) is 43.2 Å². The maximum atomic E-state index is 6.24. The molecule has 1 aliphatic carbocycles. The normalized spacial score (nSPS) is 28.1. The molecule has 0 spiro atoms. The number of hydrogen-bond acceptors (Lipinski definition) is 3. The number of aryl methyl sites for hydroxylation is 1. The van der Waals surface area contributed by atoms with Gasteiger partial charge in [-0.3, -0.25) is 4.90 Å². The van der Waals surface area contributed by atoms with Crippen molar-refractivity contribution >= 4 is 5.69 Å². The molecule has 3 nitrogen and oxygen atoms in total. The molecule has 2 aliphatic rings. The molecule has 2 fully saturated rings. The van der Waals surface area contributed by atoms with Gasteiger partial charge in [0, 0.05) is 44.0 Å². The lowest BCUT2D eigenvalue weighted by Gasteiger charge is -2.41. The summed E-state index contributed by atoms with van der Waals surface area (Å²) in [5, 5.41) is 0. The number of piperazine rings is 1. The van der Waals surface area contributed by atoms with Crippen molar-refractivity contribution in [3.05, 3.63) is 29.3 Å². The zero-order valence-electron chi connectivity index (χ0n) is 12.8. The van der Waals surface area contributed by atoms with Gasteiger partial charge in [0.15, 0.2) is 0 Å². The van der Waals surface area contributed by atoms with Crippen molar-refractivity contribution < 1.29 is 0 Å². The van der Waals surface area contributed by atoms with Crippen molar-refractivity contribution in [1.82, 2.24) is 4.90 Å². The molecule has 1 aliphatic heterocycles. The molecule has 3 rings (SSSR count). The maximum Gasteiger partial charge on any atom is 0.0399 e. The van der Waals surface area contributed by atoms with Crippen LogP contribution in [-0.2, 0) is 0 Å². The highest BCUT2D eigenvalue weighted by atomic mass is 15.3. The van der Waals surface area contributed by atoms with E-state index >= 15 is 0 Å². The summed E-state index contributed by atoms with van der Waals surface area (Å²) >= 11 is 0. The molecule has 1 saturated heterocycles. The van der Waals surface area contributed by atoms with Crippen LogP contribution in [0.5, 0.6) is 0 Å². The summed E-state index contributed by atoms with van der Waals surface area (Å²) in [7, 11) is 0. The fourth-order valence-corrected chi connectivity index (χ4v) is 3.80. The summed E-state index contributed by atoms with van der Waals surface area (Å²) in [6, 6.07) is 7.68. The van der Waals surface area contributed by atoms with E-state index in [1.54, 1.807) is 0 Å². The van der Waals surface area contributed by atoms with Crippen molar-refractivity contribution in [2.24, 2.45) is 5.73 Å². The number of anilines is 1. The fourth-order valence-electron chi connectivity index (χ4n) is 3.80. The van der Waals surface area contributed by atoms with Crippen molar-refractivity contribution in [3.8, 4) is 0 Å². The summed E-state index contributed by atoms with van der Waals surface area (Å²) in [6.45, 7) is 9.02. The predicted molar refractivity (Wildman–Crippen MR) is 85.3 cm³/mol. The first-order valence-corrected chi connectivity index (χ1v) is 7.97. The lowest BCUT2D eigenvalue weighted by atomic mass is 10.1. The molecule has 110 valence electrons. The number of hydrogen-bond donors (Lipinski definition) is 1. The molecule has 0 bridgehead atoms. The topological polar surface area (TPSA) is 32.5 Å². The van der Waals surface area contributed by atoms with Crippen LogP contribution in [0.2, 0.25) is 0 Å². The van der Waals surface area contributed by atoms with E-state index < -0.39 is 0 Å². The van der Waals surface area contributed by atoms with Gasteiger partial charge < -0.3 is 10.6 Å². The quantitative estimate of drug-likeness (QED) is 0.897. The van der Waals surface area contributed by atoms with E-state index in [1.807, 2.05) is 0 Å². The minimum Gasteiger partial charge on any atom is -0.369 e. The third kappa shape index (κ3) is 2.57. The van der Waals surface area contributed by atoms with Gasteiger partial charge in [0.2, 0.25) is 0 Å². The minimum atomic E-state index is 0.405. The second-order valence-corrected chi connectivity index (χ2v) is 6.40. The van der Waals surface area contributed by atoms with Crippen molar-refractivity contribution in [1.29, 1.82) is 0 Å². The molecular formula is C17H27N3. The van der Waals surface area contributed by atoms with Crippen LogP contribution in [0.1, 0.15) is 30.4 Å². The zero-order valence-corrected chi connectivity index (χ0v) is 12.8. The second-order valence-electron chi connectivity index (χ2n) is 6.40. The van der Waals surface area contributed by atoms with Gasteiger partial charge in [-0.15, -0.1) is 0 Å². The third-order valence-corrected chi connectivity index (χ3v) is 5.23. The van der Waals surface area contributed by atoms with Gasteiger partial charge in [-0.2, -0.15) is 0 Å². The standard InChI is InChI=1S/C17H27N3/c1-13-5-3-7-16(14(13)2)19-9-11-20(12-10-19)17-8-4-6-15(17)18/h3,5,7,15,17H,4,6,8-12,18H2,1-2H3. The van der Waals surface area contributed by atoms with Gasteiger partial charge in [0.25, 0.3) is 0 Å². The van der Waals surface area contributed by atoms with Crippen LogP contribution >= 0.6 is 0 Å². The minimum absolute atomic E-state index is 0.405. The Labute approximate surface area is 122 Å². The zero-order chi connectivity index (χ0) is 14.1. The van der Waals surface area contributed by atoms with Gasteiger partial charge in [-0.05, 0) is 43.9 Å². The number of rotatable bonds is 2. The van der Waals surface area contributed by atoms with Gasteiger partial charge in [0.05, 0.1) is 0 Å². The second kappa shape index (κ2) is 5.74. The Bertz CT molecular complexity index is 463. The predicted octanol–water partition coefficient (Wildman–Crippen LogP) is 2.31. The highest BCUT2D eigenvalue weighted by molar-refractivity contribution is 5.56. The molecule has 0 aromatic heterocycles. The Morgan fingerprint density at radius 3 is 2.45 bits per heavy atom. The van der Waals surface area contributed by atoms with E-state index in [4.69, 9.17) is 5.73 Å². The van der Waals surface area contributed by atoms with E-state index in [0.717, 1.165) is 26.2 Å². The third-order valence-electron chi connectivity index (χ3n) is 5.23. The average Bonchev–Trinajstić information content (AvgIpc) is 2.88. The van der Waals surface area contributed by atoms with Gasteiger partial charge in [-0.25, -0.2) is 0 Å². The highest BCUT2D eigenvalue weighted by Gasteiger charge is 2.31. The first-order valence-electron chi connectivity index (χ1n) is 7.97. The molecule has 1 saturated carbocycles. The smallest absolute Gasteiger partial charge is 0.0399 e. The summed E-state index contributed by atoms with van der Waals surface area (Å²) in [6.07, 6.45) is 3.82. The van der Waals surface area contributed by atoms with E-state index in [2.05, 4.69) is 41.8 Å². The van der Waals surface area contributed by atoms with Crippen molar-refractivity contribution in [2.45, 2.75) is 45.2 Å². The van der Waals surface area contributed by atoms with Crippen LogP contribution in [0, 0.1) is 13.8 Å². The summed E-state index contributed by atoms with van der Waals surface area (Å²) in [5.41, 5.74) is 10.5. The Hall–Kier alpha value is -1.06. The van der Waals surface area contributed by atoms with E-state index in [9.17, 15) is 0 Å². The van der Waals surface area contributed by atoms with E-state index in [-0.39, 0.29) is 0 Å². The summed E-state index contributed by atoms with van der Waals surface area (Å²) in [4.78, 5) is 5.17. The van der Waals surface area contributed by atoms with Crippen LogP contribution in [0.25, 0.3) is 0 Å².